The minimum Gasteiger partial charge on any atom is -0.496 e. The second-order valence-electron chi connectivity index (χ2n) is 5.26. The van der Waals surface area contributed by atoms with Gasteiger partial charge in [-0.05, 0) is 25.8 Å². The molecule has 0 aromatic heterocycles. The van der Waals surface area contributed by atoms with Crippen LogP contribution in [0.5, 0.6) is 5.75 Å². The molecule has 2 N–H and O–H groups in total. The number of ether oxygens (including phenoxy) is 1. The Balaban J connectivity index is 2.15. The predicted octanol–water partition coefficient (Wildman–Crippen LogP) is 1.50. The number of nitro groups is 1. The molecule has 0 unspecified atom stereocenters. The number of nitrogens with one attached hydrogen (secondary N) is 1. The summed E-state index contributed by atoms with van der Waals surface area (Å²) < 4.78 is 5.06. The first-order valence-corrected chi connectivity index (χ1v) is 6.70. The molecule has 0 atom stereocenters. The van der Waals surface area contributed by atoms with Crippen LogP contribution in [-0.2, 0) is 4.79 Å². The van der Waals surface area contributed by atoms with Crippen molar-refractivity contribution in [2.45, 2.75) is 25.8 Å². The van der Waals surface area contributed by atoms with E-state index in [4.69, 9.17) is 9.84 Å². The van der Waals surface area contributed by atoms with Crippen LogP contribution in [0.4, 0.5) is 5.69 Å². The Morgan fingerprint density at radius 1 is 1.41 bits per heavy atom. The van der Waals surface area contributed by atoms with Gasteiger partial charge in [0, 0.05) is 17.7 Å². The minimum absolute atomic E-state index is 0.118. The van der Waals surface area contributed by atoms with Crippen molar-refractivity contribution in [3.63, 3.8) is 0 Å². The van der Waals surface area contributed by atoms with Gasteiger partial charge in [-0.15, -0.1) is 0 Å². The molecule has 0 heterocycles. The number of carboxylic acid groups (broad SMARTS) is 1. The standard InChI is InChI=1S/C14H16N2O6/c1-7-11(16(20)21)5-8(6-12(7)22-2)13(17)15-10-3-9(4-10)14(18)19/h5-6,9-10H,3-4H2,1-2H3,(H,15,17)(H,18,19). The van der Waals surface area contributed by atoms with E-state index in [9.17, 15) is 19.7 Å². The van der Waals surface area contributed by atoms with Crippen molar-refractivity contribution in [1.29, 1.82) is 0 Å². The van der Waals surface area contributed by atoms with Crippen molar-refractivity contribution in [1.82, 2.24) is 5.32 Å². The molecule has 1 fully saturated rings. The molecule has 1 aromatic carbocycles. The molecular weight excluding hydrogens is 292 g/mol. The molecule has 22 heavy (non-hydrogen) atoms. The first-order valence-electron chi connectivity index (χ1n) is 6.70. The molecule has 1 aromatic rings. The minimum atomic E-state index is -0.877. The lowest BCUT2D eigenvalue weighted by Crippen LogP contribution is -2.46. The Morgan fingerprint density at radius 2 is 2.05 bits per heavy atom. The third-order valence-corrected chi connectivity index (χ3v) is 3.83. The van der Waals surface area contributed by atoms with Crippen LogP contribution in [0.15, 0.2) is 12.1 Å². The quantitative estimate of drug-likeness (QED) is 0.628. The molecule has 0 spiro atoms. The van der Waals surface area contributed by atoms with E-state index in [-0.39, 0.29) is 23.0 Å². The highest BCUT2D eigenvalue weighted by Gasteiger charge is 2.35. The molecule has 0 aliphatic heterocycles. The highest BCUT2D eigenvalue weighted by Crippen LogP contribution is 2.31. The maximum atomic E-state index is 12.1. The molecule has 1 aliphatic carbocycles. The van der Waals surface area contributed by atoms with Crippen LogP contribution in [0.2, 0.25) is 0 Å². The van der Waals surface area contributed by atoms with Gasteiger partial charge < -0.3 is 15.2 Å². The number of aliphatic carboxylic acids is 1. The molecular formula is C14H16N2O6. The summed E-state index contributed by atoms with van der Waals surface area (Å²) in [6.07, 6.45) is 0.734. The van der Waals surface area contributed by atoms with E-state index >= 15 is 0 Å². The van der Waals surface area contributed by atoms with Gasteiger partial charge in [0.15, 0.2) is 0 Å². The molecule has 0 bridgehead atoms. The van der Waals surface area contributed by atoms with E-state index in [1.807, 2.05) is 0 Å². The summed E-state index contributed by atoms with van der Waals surface area (Å²) in [6, 6.07) is 2.41. The van der Waals surface area contributed by atoms with Gasteiger partial charge in [0.1, 0.15) is 5.75 Å². The second kappa shape index (κ2) is 6.00. The fourth-order valence-corrected chi connectivity index (χ4v) is 2.41. The van der Waals surface area contributed by atoms with E-state index in [1.54, 1.807) is 6.92 Å². The van der Waals surface area contributed by atoms with Crippen LogP contribution < -0.4 is 10.1 Å². The summed E-state index contributed by atoms with van der Waals surface area (Å²) in [4.78, 5) is 33.3. The summed E-state index contributed by atoms with van der Waals surface area (Å²) in [5, 5.41) is 22.5. The number of nitro benzene ring substituents is 1. The van der Waals surface area contributed by atoms with Gasteiger partial charge in [-0.1, -0.05) is 0 Å². The molecule has 2 rings (SSSR count). The van der Waals surface area contributed by atoms with E-state index in [0.29, 0.717) is 18.4 Å². The molecule has 1 saturated carbocycles. The molecule has 0 radical (unpaired) electrons. The van der Waals surface area contributed by atoms with Crippen molar-refractivity contribution < 1.29 is 24.4 Å². The smallest absolute Gasteiger partial charge is 0.306 e. The van der Waals surface area contributed by atoms with Crippen LogP contribution in [0.1, 0.15) is 28.8 Å². The van der Waals surface area contributed by atoms with Gasteiger partial charge in [0.2, 0.25) is 0 Å². The summed E-state index contributed by atoms with van der Waals surface area (Å²) >= 11 is 0. The number of carbonyl (C=O) groups is 2. The average molecular weight is 308 g/mol. The number of nitrogens with zero attached hydrogens (tertiary/aromatic N) is 1. The number of rotatable bonds is 5. The van der Waals surface area contributed by atoms with E-state index in [0.717, 1.165) is 0 Å². The monoisotopic (exact) mass is 308 g/mol. The molecule has 1 aliphatic rings. The van der Waals surface area contributed by atoms with Gasteiger partial charge in [-0.3, -0.25) is 19.7 Å². The van der Waals surface area contributed by atoms with Gasteiger partial charge in [0.05, 0.1) is 23.5 Å². The summed E-state index contributed by atoms with van der Waals surface area (Å²) in [5.74, 6) is -1.53. The first kappa shape index (κ1) is 15.7. The van der Waals surface area contributed by atoms with Crippen LogP contribution >= 0.6 is 0 Å². The zero-order valence-electron chi connectivity index (χ0n) is 12.2. The number of amides is 1. The van der Waals surface area contributed by atoms with Gasteiger partial charge >= 0.3 is 5.97 Å². The Bertz CT molecular complexity index is 636. The van der Waals surface area contributed by atoms with Crippen molar-refractivity contribution in [3.8, 4) is 5.75 Å². The molecule has 1 amide bonds. The van der Waals surface area contributed by atoms with Crippen LogP contribution in [0, 0.1) is 23.0 Å². The SMILES string of the molecule is COc1cc(C(=O)NC2CC(C(=O)O)C2)cc([N+](=O)[O-])c1C. The number of carbonyl (C=O) groups excluding carboxylic acids is 1. The van der Waals surface area contributed by atoms with Gasteiger partial charge in [0.25, 0.3) is 11.6 Å². The van der Waals surface area contributed by atoms with Crippen molar-refractivity contribution in [2.24, 2.45) is 5.92 Å². The lowest BCUT2D eigenvalue weighted by molar-refractivity contribution is -0.385. The summed E-state index contributed by atoms with van der Waals surface area (Å²) in [5.41, 5.74) is 0.271. The fraction of sp³-hybridized carbons (Fsp3) is 0.429. The Kier molecular flexibility index (Phi) is 4.30. The normalized spacial score (nSPS) is 19.9. The zero-order valence-corrected chi connectivity index (χ0v) is 12.2. The van der Waals surface area contributed by atoms with Crippen molar-refractivity contribution >= 4 is 17.6 Å². The second-order valence-corrected chi connectivity index (χ2v) is 5.26. The maximum Gasteiger partial charge on any atom is 0.306 e. The Hall–Kier alpha value is -2.64. The number of benzene rings is 1. The highest BCUT2D eigenvalue weighted by atomic mass is 16.6. The zero-order chi connectivity index (χ0) is 16.4. The Labute approximate surface area is 126 Å². The van der Waals surface area contributed by atoms with Crippen molar-refractivity contribution in [2.75, 3.05) is 7.11 Å². The van der Waals surface area contributed by atoms with Gasteiger partial charge in [-0.2, -0.15) is 0 Å². The van der Waals surface area contributed by atoms with Crippen molar-refractivity contribution in [3.05, 3.63) is 33.4 Å². The topological polar surface area (TPSA) is 119 Å². The van der Waals surface area contributed by atoms with E-state index in [1.165, 1.54) is 19.2 Å². The van der Waals surface area contributed by atoms with Crippen LogP contribution in [-0.4, -0.2) is 35.1 Å². The van der Waals surface area contributed by atoms with Gasteiger partial charge in [-0.25, -0.2) is 0 Å². The average Bonchev–Trinajstić information content (AvgIpc) is 2.41. The number of hydrogen-bond donors (Lipinski definition) is 2. The predicted molar refractivity (Wildman–Crippen MR) is 76.0 cm³/mol. The lowest BCUT2D eigenvalue weighted by atomic mass is 9.80. The molecule has 8 heteroatoms. The largest absolute Gasteiger partial charge is 0.496 e. The number of hydrogen-bond acceptors (Lipinski definition) is 5. The fourth-order valence-electron chi connectivity index (χ4n) is 2.41. The highest BCUT2D eigenvalue weighted by molar-refractivity contribution is 5.96. The molecule has 8 nitrogen and oxygen atoms in total. The summed E-state index contributed by atoms with van der Waals surface area (Å²) in [7, 11) is 1.37. The molecule has 0 saturated heterocycles. The van der Waals surface area contributed by atoms with E-state index < -0.39 is 22.7 Å². The van der Waals surface area contributed by atoms with Crippen LogP contribution in [0.3, 0.4) is 0 Å². The third kappa shape index (κ3) is 3.00. The number of methoxy groups -OCH3 is 1. The first-order chi connectivity index (χ1) is 10.3. The Morgan fingerprint density at radius 3 is 2.55 bits per heavy atom. The summed E-state index contributed by atoms with van der Waals surface area (Å²) in [6.45, 7) is 1.54. The molecule has 118 valence electrons. The third-order valence-electron chi connectivity index (χ3n) is 3.83. The van der Waals surface area contributed by atoms with E-state index in [2.05, 4.69) is 5.32 Å². The maximum absolute atomic E-state index is 12.1. The number of carboxylic acids is 1. The van der Waals surface area contributed by atoms with Crippen LogP contribution in [0.25, 0.3) is 0 Å². The lowest BCUT2D eigenvalue weighted by Gasteiger charge is -2.32.